The van der Waals surface area contributed by atoms with Crippen LogP contribution in [0.5, 0.6) is 0 Å². The first-order valence-corrected chi connectivity index (χ1v) is 0.447. The minimum absolute atomic E-state index is 0. The van der Waals surface area contributed by atoms with Crippen molar-refractivity contribution in [1.29, 1.82) is 0 Å². The van der Waals surface area contributed by atoms with Crippen LogP contribution in [0.2, 0.25) is 0 Å². The van der Waals surface area contributed by atoms with Gasteiger partial charge in [-0.1, -0.05) is 0 Å². The van der Waals surface area contributed by atoms with Crippen molar-refractivity contribution in [3.63, 3.8) is 0 Å². The normalized spacial score (nSPS) is 1.50. The van der Waals surface area contributed by atoms with Crippen molar-refractivity contribution in [2.24, 2.45) is 0 Å². The minimum Gasteiger partial charge on any atom is -0.400 e. The Bertz CT molecular complexity index is 8.00. The molecular weight excluding hydrogens is 119 g/mol. The summed E-state index contributed by atoms with van der Waals surface area (Å²) < 4.78 is 0. The van der Waals surface area contributed by atoms with Gasteiger partial charge in [0.25, 0.3) is 0 Å². The summed E-state index contributed by atoms with van der Waals surface area (Å²) in [6.07, 6.45) is 0. The van der Waals surface area contributed by atoms with Crippen LogP contribution in [0, 0.1) is 0 Å². The Morgan fingerprint density at radius 1 is 1.25 bits per heavy atom. The molecule has 0 aromatic rings. The van der Waals surface area contributed by atoms with Crippen LogP contribution >= 0.6 is 12.4 Å². The molecule has 0 saturated heterocycles. The topological polar surface area (TPSA) is 20.2 Å². The van der Waals surface area contributed by atoms with Crippen molar-refractivity contribution in [3.8, 4) is 0 Å². The fourth-order valence-electron chi connectivity index (χ4n) is 0. The second-order valence-electron chi connectivity index (χ2n) is 0. The molecule has 0 amide bonds. The van der Waals surface area contributed by atoms with Gasteiger partial charge >= 0.3 is 0 Å². The molecule has 0 aromatic carbocycles. The van der Waals surface area contributed by atoms with Gasteiger partial charge in [-0.2, -0.15) is 0 Å². The quantitative estimate of drug-likeness (QED) is 0.452. The van der Waals surface area contributed by atoms with Crippen LogP contribution in [0.1, 0.15) is 0 Å². The molecule has 3 heteroatoms. The molecule has 4 heavy (non-hydrogen) atoms. The molecule has 30 valence electrons. The van der Waals surface area contributed by atoms with Gasteiger partial charge in [0, 0.05) is 24.2 Å². The summed E-state index contributed by atoms with van der Waals surface area (Å²) in [4.78, 5) is 0. The first-order valence-electron chi connectivity index (χ1n) is 0.447. The van der Waals surface area contributed by atoms with Gasteiger partial charge in [-0.25, -0.2) is 0 Å². The Balaban J connectivity index is -0.00000000500. The number of hydrogen-bond donors (Lipinski definition) is 1. The van der Waals surface area contributed by atoms with E-state index in [0.717, 1.165) is 7.11 Å². The molecule has 0 spiro atoms. The Kier molecular flexibility index (Phi) is 264. The van der Waals surface area contributed by atoms with Gasteiger partial charge in [0.2, 0.25) is 0 Å². The molecule has 0 atom stereocenters. The van der Waals surface area contributed by atoms with Crippen LogP contribution in [0.3, 0.4) is 0 Å². The summed E-state index contributed by atoms with van der Waals surface area (Å²) in [6, 6.07) is 0. The van der Waals surface area contributed by atoms with Crippen molar-refractivity contribution < 1.29 is 22.2 Å². The molecule has 0 aliphatic carbocycles. The van der Waals surface area contributed by atoms with Crippen molar-refractivity contribution in [2.45, 2.75) is 0 Å². The molecule has 1 N–H and O–H groups in total. The predicted octanol–water partition coefficient (Wildman–Crippen LogP) is 0.0278. The van der Waals surface area contributed by atoms with E-state index < -0.39 is 0 Å². The van der Waals surface area contributed by atoms with Gasteiger partial charge in [0.05, 0.1) is 0 Å². The van der Waals surface area contributed by atoms with E-state index in [-0.39, 0.29) is 29.5 Å². The molecular formula is CH5ClFeO. The van der Waals surface area contributed by atoms with E-state index in [4.69, 9.17) is 5.11 Å². The van der Waals surface area contributed by atoms with Crippen molar-refractivity contribution in [3.05, 3.63) is 0 Å². The average Bonchev–Trinajstić information content (AvgIpc) is 1.00. The fraction of sp³-hybridized carbons (Fsp3) is 1.00. The third-order valence-electron chi connectivity index (χ3n) is 0. The number of aliphatic hydroxyl groups excluding tert-OH is 1. The number of rotatable bonds is 0. The molecule has 0 aliphatic heterocycles. The summed E-state index contributed by atoms with van der Waals surface area (Å²) in [5, 5.41) is 7.00. The van der Waals surface area contributed by atoms with Gasteiger partial charge in [-0.15, -0.1) is 12.4 Å². The van der Waals surface area contributed by atoms with Gasteiger partial charge in [-0.3, -0.25) is 0 Å². The predicted molar refractivity (Wildman–Crippen MR) is 15.4 cm³/mol. The second-order valence-corrected chi connectivity index (χ2v) is 0. The maximum absolute atomic E-state index is 7.00. The maximum Gasteiger partial charge on any atom is 0.0319 e. The first-order chi connectivity index (χ1) is 1.00. The summed E-state index contributed by atoms with van der Waals surface area (Å²) in [5.74, 6) is 0. The number of hydrogen-bond acceptors (Lipinski definition) is 1. The monoisotopic (exact) mass is 124 g/mol. The minimum atomic E-state index is 0. The molecule has 0 heterocycles. The van der Waals surface area contributed by atoms with Crippen LogP contribution < -0.4 is 0 Å². The van der Waals surface area contributed by atoms with Crippen LogP contribution in [-0.2, 0) is 17.1 Å². The van der Waals surface area contributed by atoms with Crippen molar-refractivity contribution in [1.82, 2.24) is 0 Å². The molecule has 0 aliphatic rings. The maximum atomic E-state index is 7.00. The van der Waals surface area contributed by atoms with Gasteiger partial charge < -0.3 is 5.11 Å². The molecule has 1 nitrogen and oxygen atoms in total. The fourth-order valence-corrected chi connectivity index (χ4v) is 0. The zero-order chi connectivity index (χ0) is 2.00. The van der Waals surface area contributed by atoms with Crippen LogP contribution in [0.4, 0.5) is 0 Å². The molecule has 0 unspecified atom stereocenters. The summed E-state index contributed by atoms with van der Waals surface area (Å²) in [7, 11) is 1.00. The largest absolute Gasteiger partial charge is 0.400 e. The Morgan fingerprint density at radius 2 is 1.25 bits per heavy atom. The van der Waals surface area contributed by atoms with Gasteiger partial charge in [0.15, 0.2) is 0 Å². The molecule has 0 saturated carbocycles. The van der Waals surface area contributed by atoms with Crippen molar-refractivity contribution in [2.75, 3.05) is 7.11 Å². The smallest absolute Gasteiger partial charge is 0.0319 e. The van der Waals surface area contributed by atoms with E-state index in [1.807, 2.05) is 0 Å². The van der Waals surface area contributed by atoms with E-state index in [0.29, 0.717) is 0 Å². The Hall–Kier alpha value is 0.769. The van der Waals surface area contributed by atoms with Gasteiger partial charge in [-0.05, 0) is 0 Å². The van der Waals surface area contributed by atoms with E-state index in [9.17, 15) is 0 Å². The molecule has 0 bridgehead atoms. The average molecular weight is 124 g/mol. The number of aliphatic hydroxyl groups is 1. The third-order valence-corrected chi connectivity index (χ3v) is 0. The summed E-state index contributed by atoms with van der Waals surface area (Å²) in [6.45, 7) is 0. The zero-order valence-corrected chi connectivity index (χ0v) is 4.13. The molecule has 0 fully saturated rings. The van der Waals surface area contributed by atoms with E-state index >= 15 is 0 Å². The summed E-state index contributed by atoms with van der Waals surface area (Å²) in [5.41, 5.74) is 0. The summed E-state index contributed by atoms with van der Waals surface area (Å²) >= 11 is 0. The van der Waals surface area contributed by atoms with Crippen molar-refractivity contribution >= 4 is 12.4 Å². The first kappa shape index (κ1) is 21.6. The van der Waals surface area contributed by atoms with E-state index in [1.54, 1.807) is 0 Å². The molecule has 0 radical (unpaired) electrons. The van der Waals surface area contributed by atoms with E-state index in [2.05, 4.69) is 0 Å². The third kappa shape index (κ3) is 14.6. The van der Waals surface area contributed by atoms with E-state index in [1.165, 1.54) is 0 Å². The van der Waals surface area contributed by atoms with Crippen LogP contribution in [0.25, 0.3) is 0 Å². The van der Waals surface area contributed by atoms with Crippen LogP contribution in [0.15, 0.2) is 0 Å². The Labute approximate surface area is 42.3 Å². The van der Waals surface area contributed by atoms with Gasteiger partial charge in [0.1, 0.15) is 0 Å². The molecule has 0 rings (SSSR count). The SMILES string of the molecule is CO.Cl.[Fe]. The van der Waals surface area contributed by atoms with Crippen LogP contribution in [-0.4, -0.2) is 12.2 Å². The second kappa shape index (κ2) is 48.8. The Morgan fingerprint density at radius 3 is 1.25 bits per heavy atom. The molecule has 0 aromatic heterocycles. The number of halogens is 1. The standard InChI is InChI=1S/CH4O.ClH.Fe/c1-2;;/h2H,1H3;1H;. The zero-order valence-electron chi connectivity index (χ0n) is 2.21.